The van der Waals surface area contributed by atoms with Crippen molar-refractivity contribution in [1.82, 2.24) is 0 Å². The number of allylic oxidation sites excluding steroid dienone is 6. The number of rotatable bonds is 3. The Labute approximate surface area is 79.6 Å². The summed E-state index contributed by atoms with van der Waals surface area (Å²) in [7, 11) is 0. The lowest BCUT2D eigenvalue weighted by molar-refractivity contribution is 0.794. The summed E-state index contributed by atoms with van der Waals surface area (Å²) in [5.41, 5.74) is 5.10. The maximum absolute atomic E-state index is 4.20. The smallest absolute Gasteiger partial charge is 0.0975 e. The van der Waals surface area contributed by atoms with Crippen LogP contribution in [0.3, 0.4) is 0 Å². The molecule has 0 spiro atoms. The second kappa shape index (κ2) is 3.33. The molecule has 0 aromatic rings. The van der Waals surface area contributed by atoms with Crippen LogP contribution in [0.2, 0.25) is 0 Å². The summed E-state index contributed by atoms with van der Waals surface area (Å²) in [4.78, 5) is 4.20. The number of nitrogens with zero attached hydrogens (tertiary/aromatic N) is 1. The number of hydrogen-bond acceptors (Lipinski definition) is 1. The molecule has 1 radical (unpaired) electrons. The number of hydrogen-bond donors (Lipinski definition) is 0. The summed E-state index contributed by atoms with van der Waals surface area (Å²) >= 11 is 0. The molecule has 0 saturated heterocycles. The van der Waals surface area contributed by atoms with Crippen molar-refractivity contribution in [2.75, 3.05) is 0 Å². The summed E-state index contributed by atoms with van der Waals surface area (Å²) in [6, 6.07) is 0. The lowest BCUT2D eigenvalue weighted by Gasteiger charge is -2.04. The van der Waals surface area contributed by atoms with E-state index < -0.39 is 0 Å². The molecule has 1 nitrogen and oxygen atoms in total. The van der Waals surface area contributed by atoms with Crippen molar-refractivity contribution in [3.63, 3.8) is 0 Å². The Morgan fingerprint density at radius 3 is 3.00 bits per heavy atom. The molecule has 0 fully saturated rings. The van der Waals surface area contributed by atoms with Gasteiger partial charge in [0, 0.05) is 16.8 Å². The summed E-state index contributed by atoms with van der Waals surface area (Å²) < 4.78 is 0. The van der Waals surface area contributed by atoms with Crippen molar-refractivity contribution in [3.8, 4) is 0 Å². The summed E-state index contributed by atoms with van der Waals surface area (Å²) in [5.74, 6) is 0. The molecule has 13 heavy (non-hydrogen) atoms. The van der Waals surface area contributed by atoms with Crippen molar-refractivity contribution in [2.24, 2.45) is 4.99 Å². The standard InChI is InChI=1S/C12H14N/c1-3-4-5-10-6-7-11-8-13-9(2)12(10)11/h6-7H,3-5H2,1-2H3. The lowest BCUT2D eigenvalue weighted by atomic mass is 9.99. The Hall–Kier alpha value is -1.11. The van der Waals surface area contributed by atoms with E-state index in [-0.39, 0.29) is 0 Å². The molecule has 2 rings (SSSR count). The van der Waals surface area contributed by atoms with Crippen molar-refractivity contribution in [3.05, 3.63) is 34.6 Å². The van der Waals surface area contributed by atoms with Gasteiger partial charge in [0.05, 0.1) is 6.21 Å². The van der Waals surface area contributed by atoms with Gasteiger partial charge in [0.15, 0.2) is 0 Å². The van der Waals surface area contributed by atoms with Gasteiger partial charge in [0.1, 0.15) is 0 Å². The van der Waals surface area contributed by atoms with Gasteiger partial charge >= 0.3 is 0 Å². The van der Waals surface area contributed by atoms with Crippen LogP contribution in [0.15, 0.2) is 39.6 Å². The highest BCUT2D eigenvalue weighted by Crippen LogP contribution is 2.34. The number of aliphatic imine (C=N–C) groups is 1. The van der Waals surface area contributed by atoms with E-state index in [0.29, 0.717) is 0 Å². The van der Waals surface area contributed by atoms with E-state index in [4.69, 9.17) is 0 Å². The largest absolute Gasteiger partial charge is 0.250 e. The Morgan fingerprint density at radius 1 is 1.38 bits per heavy atom. The summed E-state index contributed by atoms with van der Waals surface area (Å²) in [5, 5.41) is 0. The van der Waals surface area contributed by atoms with Gasteiger partial charge in [-0.2, -0.15) is 0 Å². The second-order valence-electron chi connectivity index (χ2n) is 3.56. The quantitative estimate of drug-likeness (QED) is 0.619. The molecular weight excluding hydrogens is 158 g/mol. The Kier molecular flexibility index (Phi) is 2.17. The maximum Gasteiger partial charge on any atom is 0.0975 e. The van der Waals surface area contributed by atoms with E-state index in [1.807, 2.05) is 0 Å². The molecule has 0 aromatic heterocycles. The molecule has 0 amide bonds. The fourth-order valence-corrected chi connectivity index (χ4v) is 1.82. The summed E-state index contributed by atoms with van der Waals surface area (Å²) in [6.45, 7) is 4.29. The summed E-state index contributed by atoms with van der Waals surface area (Å²) in [6.07, 6.45) is 11.1. The van der Waals surface area contributed by atoms with Crippen molar-refractivity contribution in [1.29, 1.82) is 0 Å². The van der Waals surface area contributed by atoms with E-state index >= 15 is 0 Å². The molecule has 67 valence electrons. The van der Waals surface area contributed by atoms with Crippen LogP contribution in [0.4, 0.5) is 0 Å². The van der Waals surface area contributed by atoms with Crippen LogP contribution >= 0.6 is 0 Å². The second-order valence-corrected chi connectivity index (χ2v) is 3.56. The van der Waals surface area contributed by atoms with Crippen LogP contribution in [0, 0.1) is 0 Å². The molecule has 0 saturated carbocycles. The first-order valence-electron chi connectivity index (χ1n) is 4.92. The highest BCUT2D eigenvalue weighted by atomic mass is 14.8. The molecule has 1 heterocycles. The minimum atomic E-state index is 1.13. The van der Waals surface area contributed by atoms with Gasteiger partial charge in [-0.15, -0.1) is 0 Å². The van der Waals surface area contributed by atoms with E-state index in [9.17, 15) is 0 Å². The fourth-order valence-electron chi connectivity index (χ4n) is 1.82. The maximum atomic E-state index is 4.20. The van der Waals surface area contributed by atoms with E-state index in [2.05, 4.69) is 37.2 Å². The Balaban J connectivity index is 2.15. The van der Waals surface area contributed by atoms with Crippen LogP contribution in [0.5, 0.6) is 0 Å². The third-order valence-electron chi connectivity index (χ3n) is 2.55. The van der Waals surface area contributed by atoms with E-state index in [1.54, 1.807) is 0 Å². The first kappa shape index (κ1) is 8.49. The van der Waals surface area contributed by atoms with Gasteiger partial charge in [-0.25, -0.2) is 0 Å². The predicted molar refractivity (Wildman–Crippen MR) is 55.8 cm³/mol. The molecule has 0 unspecified atom stereocenters. The molecule has 0 bridgehead atoms. The van der Waals surface area contributed by atoms with Crippen LogP contribution in [-0.2, 0) is 0 Å². The zero-order valence-corrected chi connectivity index (χ0v) is 8.22. The van der Waals surface area contributed by atoms with Crippen LogP contribution in [0.25, 0.3) is 0 Å². The molecule has 1 aliphatic carbocycles. The van der Waals surface area contributed by atoms with Gasteiger partial charge in [-0.3, -0.25) is 4.99 Å². The topological polar surface area (TPSA) is 12.4 Å². The van der Waals surface area contributed by atoms with Gasteiger partial charge in [0.25, 0.3) is 0 Å². The normalized spacial score (nSPS) is 19.2. The number of unbranched alkanes of at least 4 members (excludes halogenated alkanes) is 1. The molecule has 2 aliphatic rings. The molecule has 1 aliphatic heterocycles. The molecule has 0 N–H and O–H groups in total. The zero-order valence-electron chi connectivity index (χ0n) is 8.22. The fraction of sp³-hybridized carbons (Fsp3) is 0.417. The highest BCUT2D eigenvalue weighted by Gasteiger charge is 2.20. The Bertz CT molecular complexity index is 340. The van der Waals surface area contributed by atoms with Crippen molar-refractivity contribution < 1.29 is 0 Å². The van der Waals surface area contributed by atoms with Crippen LogP contribution in [-0.4, -0.2) is 6.21 Å². The average Bonchev–Trinajstić information content (AvgIpc) is 2.67. The van der Waals surface area contributed by atoms with Crippen molar-refractivity contribution in [2.45, 2.75) is 33.1 Å². The third-order valence-corrected chi connectivity index (χ3v) is 2.55. The van der Waals surface area contributed by atoms with Gasteiger partial charge < -0.3 is 0 Å². The first-order valence-corrected chi connectivity index (χ1v) is 4.92. The average molecular weight is 172 g/mol. The first-order chi connectivity index (χ1) is 6.33. The lowest BCUT2D eigenvalue weighted by Crippen LogP contribution is -1.88. The molecule has 0 atom stereocenters. The van der Waals surface area contributed by atoms with Gasteiger partial charge in [-0.05, 0) is 25.3 Å². The molecule has 0 aromatic carbocycles. The van der Waals surface area contributed by atoms with Crippen LogP contribution < -0.4 is 0 Å². The number of fused-ring (bicyclic) bond motifs is 1. The minimum Gasteiger partial charge on any atom is -0.250 e. The van der Waals surface area contributed by atoms with Gasteiger partial charge in [0.2, 0.25) is 0 Å². The third kappa shape index (κ3) is 1.39. The minimum absolute atomic E-state index is 1.13. The highest BCUT2D eigenvalue weighted by molar-refractivity contribution is 5.93. The monoisotopic (exact) mass is 172 g/mol. The SMILES string of the molecule is CCCCC1=CC=C2[C]=NC(C)=C21. The van der Waals surface area contributed by atoms with Gasteiger partial charge in [-0.1, -0.05) is 25.5 Å². The van der Waals surface area contributed by atoms with E-state index in [0.717, 1.165) is 5.70 Å². The molecular formula is C12H14N. The van der Waals surface area contributed by atoms with Crippen LogP contribution in [0.1, 0.15) is 33.1 Å². The zero-order chi connectivity index (χ0) is 9.26. The Morgan fingerprint density at radius 2 is 2.23 bits per heavy atom. The van der Waals surface area contributed by atoms with E-state index in [1.165, 1.54) is 36.0 Å². The predicted octanol–water partition coefficient (Wildman–Crippen LogP) is 3.28. The van der Waals surface area contributed by atoms with Crippen molar-refractivity contribution >= 4 is 6.21 Å². The molecule has 1 heteroatoms.